The predicted octanol–water partition coefficient (Wildman–Crippen LogP) is 4.06. The SMILES string of the molecule is CCOCC(C)CC.POCc1ccccc1. The molecule has 0 aliphatic rings. The molecule has 1 aromatic rings. The van der Waals surface area contributed by atoms with Crippen molar-refractivity contribution in [1.29, 1.82) is 0 Å². The van der Waals surface area contributed by atoms with Crippen LogP contribution < -0.4 is 0 Å². The lowest BCUT2D eigenvalue weighted by atomic mass is 10.1. The van der Waals surface area contributed by atoms with Gasteiger partial charge in [0.05, 0.1) is 6.61 Å². The minimum Gasteiger partial charge on any atom is -0.381 e. The van der Waals surface area contributed by atoms with E-state index in [-0.39, 0.29) is 0 Å². The average Bonchev–Trinajstić information content (AvgIpc) is 2.38. The van der Waals surface area contributed by atoms with E-state index in [2.05, 4.69) is 23.3 Å². The molecule has 0 aromatic heterocycles. The summed E-state index contributed by atoms with van der Waals surface area (Å²) < 4.78 is 10.0. The molecule has 17 heavy (non-hydrogen) atoms. The first-order valence-electron chi connectivity index (χ1n) is 6.17. The van der Waals surface area contributed by atoms with Crippen molar-refractivity contribution in [3.8, 4) is 0 Å². The van der Waals surface area contributed by atoms with Crippen molar-refractivity contribution in [3.05, 3.63) is 35.9 Å². The summed E-state index contributed by atoms with van der Waals surface area (Å²) >= 11 is 0. The Morgan fingerprint density at radius 3 is 2.29 bits per heavy atom. The number of hydrogen-bond acceptors (Lipinski definition) is 2. The van der Waals surface area contributed by atoms with Crippen LogP contribution in [-0.2, 0) is 15.9 Å². The maximum Gasteiger partial charge on any atom is 0.0752 e. The summed E-state index contributed by atoms with van der Waals surface area (Å²) in [6.07, 6.45) is 1.22. The van der Waals surface area contributed by atoms with Gasteiger partial charge in [0, 0.05) is 22.7 Å². The average molecular weight is 256 g/mol. The minimum atomic E-state index is 0.672. The van der Waals surface area contributed by atoms with Gasteiger partial charge in [-0.2, -0.15) is 0 Å². The van der Waals surface area contributed by atoms with Crippen molar-refractivity contribution < 1.29 is 9.26 Å². The molecule has 0 spiro atoms. The fourth-order valence-electron chi connectivity index (χ4n) is 1.11. The molecule has 98 valence electrons. The second-order valence-corrected chi connectivity index (χ2v) is 4.30. The molecule has 2 nitrogen and oxygen atoms in total. The van der Waals surface area contributed by atoms with Gasteiger partial charge in [-0.05, 0) is 18.4 Å². The smallest absolute Gasteiger partial charge is 0.0752 e. The first-order chi connectivity index (χ1) is 8.24. The highest BCUT2D eigenvalue weighted by Gasteiger charge is 1.94. The number of rotatable bonds is 6. The van der Waals surface area contributed by atoms with Crippen LogP contribution in [0.25, 0.3) is 0 Å². The fraction of sp³-hybridized carbons (Fsp3) is 0.571. The molecule has 0 heterocycles. The van der Waals surface area contributed by atoms with Crippen LogP contribution in [0.1, 0.15) is 32.8 Å². The molecular weight excluding hydrogens is 231 g/mol. The highest BCUT2D eigenvalue weighted by molar-refractivity contribution is 7.09. The topological polar surface area (TPSA) is 18.5 Å². The zero-order valence-electron chi connectivity index (χ0n) is 11.2. The lowest BCUT2D eigenvalue weighted by Crippen LogP contribution is -2.03. The van der Waals surface area contributed by atoms with E-state index in [0.717, 1.165) is 19.1 Å². The molecular formula is C14H25O2P. The van der Waals surface area contributed by atoms with Gasteiger partial charge in [0.2, 0.25) is 0 Å². The van der Waals surface area contributed by atoms with Gasteiger partial charge in [-0.1, -0.05) is 50.6 Å². The first-order valence-corrected chi connectivity index (χ1v) is 6.65. The Balaban J connectivity index is 0.000000304. The van der Waals surface area contributed by atoms with Gasteiger partial charge in [-0.3, -0.25) is 0 Å². The molecule has 0 radical (unpaired) electrons. The number of benzene rings is 1. The summed E-state index contributed by atoms with van der Waals surface area (Å²) in [7, 11) is 2.23. The second-order valence-electron chi connectivity index (χ2n) is 3.97. The van der Waals surface area contributed by atoms with Crippen molar-refractivity contribution in [1.82, 2.24) is 0 Å². The van der Waals surface area contributed by atoms with Crippen molar-refractivity contribution in [2.75, 3.05) is 13.2 Å². The van der Waals surface area contributed by atoms with E-state index < -0.39 is 0 Å². The maximum absolute atomic E-state index is 5.19. The summed E-state index contributed by atoms with van der Waals surface area (Å²) in [5.74, 6) is 0.731. The highest BCUT2D eigenvalue weighted by Crippen LogP contribution is 2.02. The van der Waals surface area contributed by atoms with E-state index in [1.807, 2.05) is 37.3 Å². The van der Waals surface area contributed by atoms with Crippen LogP contribution in [-0.4, -0.2) is 13.2 Å². The Morgan fingerprint density at radius 2 is 1.82 bits per heavy atom. The molecule has 0 amide bonds. The van der Waals surface area contributed by atoms with E-state index >= 15 is 0 Å². The lowest BCUT2D eigenvalue weighted by Gasteiger charge is -2.05. The molecule has 0 N–H and O–H groups in total. The highest BCUT2D eigenvalue weighted by atomic mass is 31.0. The Morgan fingerprint density at radius 1 is 1.18 bits per heavy atom. The monoisotopic (exact) mass is 256 g/mol. The van der Waals surface area contributed by atoms with Gasteiger partial charge in [0.25, 0.3) is 0 Å². The Labute approximate surface area is 108 Å². The van der Waals surface area contributed by atoms with Crippen LogP contribution in [0.4, 0.5) is 0 Å². The molecule has 1 rings (SSSR count). The van der Waals surface area contributed by atoms with Crippen LogP contribution in [0.2, 0.25) is 0 Å². The molecule has 0 fully saturated rings. The van der Waals surface area contributed by atoms with Crippen LogP contribution in [0.5, 0.6) is 0 Å². The molecule has 2 atom stereocenters. The molecule has 0 bridgehead atoms. The summed E-state index contributed by atoms with van der Waals surface area (Å²) in [5.41, 5.74) is 1.20. The fourth-order valence-corrected chi connectivity index (χ4v) is 1.30. The van der Waals surface area contributed by atoms with Gasteiger partial charge in [-0.15, -0.1) is 0 Å². The van der Waals surface area contributed by atoms with Gasteiger partial charge in [0.1, 0.15) is 0 Å². The van der Waals surface area contributed by atoms with E-state index in [4.69, 9.17) is 9.26 Å². The Hall–Kier alpha value is -0.430. The van der Waals surface area contributed by atoms with Crippen LogP contribution in [0.3, 0.4) is 0 Å². The van der Waals surface area contributed by atoms with Crippen molar-refractivity contribution in [2.24, 2.45) is 5.92 Å². The van der Waals surface area contributed by atoms with Crippen molar-refractivity contribution in [3.63, 3.8) is 0 Å². The second kappa shape index (κ2) is 12.0. The summed E-state index contributed by atoms with van der Waals surface area (Å²) in [4.78, 5) is 0. The molecule has 0 saturated heterocycles. The zero-order valence-corrected chi connectivity index (χ0v) is 12.3. The summed E-state index contributed by atoms with van der Waals surface area (Å²) in [6.45, 7) is 8.87. The van der Waals surface area contributed by atoms with Gasteiger partial charge in [0.15, 0.2) is 0 Å². The number of ether oxygens (including phenoxy) is 1. The third-order valence-electron chi connectivity index (χ3n) is 2.40. The van der Waals surface area contributed by atoms with Crippen molar-refractivity contribution in [2.45, 2.75) is 33.8 Å². The van der Waals surface area contributed by atoms with Gasteiger partial charge >= 0.3 is 0 Å². The van der Waals surface area contributed by atoms with Crippen LogP contribution in [0.15, 0.2) is 30.3 Å². The molecule has 2 unspecified atom stereocenters. The first kappa shape index (κ1) is 16.6. The Kier molecular flexibility index (Phi) is 11.7. The van der Waals surface area contributed by atoms with E-state index in [9.17, 15) is 0 Å². The van der Waals surface area contributed by atoms with E-state index in [0.29, 0.717) is 6.61 Å². The molecule has 1 aromatic carbocycles. The quantitative estimate of drug-likeness (QED) is 0.714. The third kappa shape index (κ3) is 10.4. The molecule has 0 aliphatic carbocycles. The Bertz CT molecular complexity index is 252. The molecule has 0 saturated carbocycles. The minimum absolute atomic E-state index is 0.672. The normalized spacial score (nSPS) is 11.5. The van der Waals surface area contributed by atoms with E-state index in [1.165, 1.54) is 12.0 Å². The van der Waals surface area contributed by atoms with Crippen LogP contribution >= 0.6 is 9.47 Å². The van der Waals surface area contributed by atoms with E-state index in [1.54, 1.807) is 0 Å². The number of hydrogen-bond donors (Lipinski definition) is 0. The summed E-state index contributed by atoms with van der Waals surface area (Å²) in [6, 6.07) is 10.1. The summed E-state index contributed by atoms with van der Waals surface area (Å²) in [5, 5.41) is 0. The van der Waals surface area contributed by atoms with Crippen LogP contribution in [0, 0.1) is 5.92 Å². The zero-order chi connectivity index (χ0) is 12.9. The van der Waals surface area contributed by atoms with Crippen molar-refractivity contribution >= 4 is 9.47 Å². The molecule has 3 heteroatoms. The maximum atomic E-state index is 5.19. The standard InChI is InChI=1S/C7H9OP.C7H16O/c9-8-6-7-4-2-1-3-5-7;1-4-7(3)6-8-5-2/h1-5H,6,9H2;7H,4-6H2,1-3H3. The predicted molar refractivity (Wildman–Crippen MR) is 76.9 cm³/mol. The molecule has 0 aliphatic heterocycles. The third-order valence-corrected chi connectivity index (χ3v) is 2.56. The van der Waals surface area contributed by atoms with Gasteiger partial charge < -0.3 is 9.26 Å². The lowest BCUT2D eigenvalue weighted by molar-refractivity contribution is 0.115. The largest absolute Gasteiger partial charge is 0.381 e. The van der Waals surface area contributed by atoms with Gasteiger partial charge in [-0.25, -0.2) is 0 Å².